The van der Waals surface area contributed by atoms with Gasteiger partial charge in [0.15, 0.2) is 0 Å². The molecule has 1 heterocycles. The maximum absolute atomic E-state index is 12.1. The Balaban J connectivity index is 1.68. The molecule has 1 aromatic heterocycles. The zero-order chi connectivity index (χ0) is 16.2. The quantitative estimate of drug-likeness (QED) is 0.726. The van der Waals surface area contributed by atoms with Crippen LogP contribution >= 0.6 is 27.5 Å². The smallest absolute Gasteiger partial charge is 0.253 e. The second kappa shape index (κ2) is 6.93. The molecule has 3 aromatic rings. The van der Waals surface area contributed by atoms with Gasteiger partial charge in [-0.15, -0.1) is 0 Å². The number of amides is 1. The number of hydrogen-bond donors (Lipinski definition) is 1. The van der Waals surface area contributed by atoms with Crippen LogP contribution in [0.1, 0.15) is 16.2 Å². The van der Waals surface area contributed by atoms with Crippen LogP contribution in [0.3, 0.4) is 0 Å². The highest BCUT2D eigenvalue weighted by atomic mass is 79.9. The van der Waals surface area contributed by atoms with E-state index in [2.05, 4.69) is 31.4 Å². The normalized spacial score (nSPS) is 10.5. The predicted octanol–water partition coefficient (Wildman–Crippen LogP) is 4.08. The number of benzene rings is 2. The van der Waals surface area contributed by atoms with Gasteiger partial charge in [0.25, 0.3) is 5.91 Å². The Kier molecular flexibility index (Phi) is 4.73. The fraction of sp³-hybridized carbons (Fsp3) is 0.0625. The molecule has 0 unspecified atom stereocenters. The molecule has 0 spiro atoms. The van der Waals surface area contributed by atoms with Crippen LogP contribution in [0.15, 0.2) is 57.5 Å². The van der Waals surface area contributed by atoms with E-state index in [0.717, 1.165) is 10.0 Å². The highest BCUT2D eigenvalue weighted by Crippen LogP contribution is 2.20. The summed E-state index contributed by atoms with van der Waals surface area (Å²) in [7, 11) is 0. The van der Waals surface area contributed by atoms with Crippen molar-refractivity contribution in [3.8, 4) is 11.4 Å². The molecule has 23 heavy (non-hydrogen) atoms. The summed E-state index contributed by atoms with van der Waals surface area (Å²) in [6, 6.07) is 14.4. The molecule has 5 nitrogen and oxygen atoms in total. The predicted molar refractivity (Wildman–Crippen MR) is 90.1 cm³/mol. The third-order valence-corrected chi connectivity index (χ3v) is 3.89. The maximum Gasteiger partial charge on any atom is 0.253 e. The van der Waals surface area contributed by atoms with Crippen molar-refractivity contribution in [1.29, 1.82) is 0 Å². The van der Waals surface area contributed by atoms with Crippen molar-refractivity contribution in [1.82, 2.24) is 15.5 Å². The third kappa shape index (κ3) is 3.78. The summed E-state index contributed by atoms with van der Waals surface area (Å²) in [4.78, 5) is 16.3. The van der Waals surface area contributed by atoms with Crippen LogP contribution in [0.25, 0.3) is 11.4 Å². The minimum absolute atomic E-state index is 0.130. The van der Waals surface area contributed by atoms with E-state index in [1.54, 1.807) is 24.3 Å². The van der Waals surface area contributed by atoms with Gasteiger partial charge in [0.05, 0.1) is 17.1 Å². The highest BCUT2D eigenvalue weighted by Gasteiger charge is 2.12. The number of hydrogen-bond acceptors (Lipinski definition) is 4. The lowest BCUT2D eigenvalue weighted by molar-refractivity contribution is 0.0946. The molecule has 1 amide bonds. The van der Waals surface area contributed by atoms with Gasteiger partial charge in [-0.05, 0) is 24.3 Å². The zero-order valence-corrected chi connectivity index (χ0v) is 14.1. The lowest BCUT2D eigenvalue weighted by Crippen LogP contribution is -2.23. The summed E-state index contributed by atoms with van der Waals surface area (Å²) >= 11 is 9.38. The van der Waals surface area contributed by atoms with E-state index in [-0.39, 0.29) is 12.5 Å². The second-order valence-electron chi connectivity index (χ2n) is 4.68. The SMILES string of the molecule is O=C(NCc1nc(-c2cccc(Br)c2)no1)c1ccccc1Cl. The van der Waals surface area contributed by atoms with Crippen LogP contribution in [0.5, 0.6) is 0 Å². The number of halogens is 2. The van der Waals surface area contributed by atoms with Crippen molar-refractivity contribution >= 4 is 33.4 Å². The van der Waals surface area contributed by atoms with Crippen molar-refractivity contribution in [2.75, 3.05) is 0 Å². The molecule has 0 saturated heterocycles. The summed E-state index contributed by atoms with van der Waals surface area (Å²) in [5.74, 6) is 0.492. The first kappa shape index (κ1) is 15.7. The van der Waals surface area contributed by atoms with Gasteiger partial charge in [0.1, 0.15) is 0 Å². The van der Waals surface area contributed by atoms with Crippen LogP contribution in [-0.4, -0.2) is 16.0 Å². The van der Waals surface area contributed by atoms with Gasteiger partial charge in [-0.25, -0.2) is 0 Å². The van der Waals surface area contributed by atoms with E-state index >= 15 is 0 Å². The van der Waals surface area contributed by atoms with Crippen molar-refractivity contribution in [3.63, 3.8) is 0 Å². The summed E-state index contributed by atoms with van der Waals surface area (Å²) in [6.45, 7) is 0.130. The van der Waals surface area contributed by atoms with Gasteiger partial charge in [0.2, 0.25) is 11.7 Å². The minimum Gasteiger partial charge on any atom is -0.343 e. The largest absolute Gasteiger partial charge is 0.343 e. The lowest BCUT2D eigenvalue weighted by Gasteiger charge is -2.03. The van der Waals surface area contributed by atoms with E-state index < -0.39 is 0 Å². The fourth-order valence-corrected chi connectivity index (χ4v) is 2.59. The molecule has 0 radical (unpaired) electrons. The second-order valence-corrected chi connectivity index (χ2v) is 6.01. The minimum atomic E-state index is -0.294. The van der Waals surface area contributed by atoms with Crippen molar-refractivity contribution in [2.45, 2.75) is 6.54 Å². The molecule has 1 N–H and O–H groups in total. The molecular formula is C16H11BrClN3O2. The van der Waals surface area contributed by atoms with Gasteiger partial charge in [0, 0.05) is 10.0 Å². The molecule has 3 rings (SSSR count). The lowest BCUT2D eigenvalue weighted by atomic mass is 10.2. The molecule has 7 heteroatoms. The Bertz CT molecular complexity index is 851. The van der Waals surface area contributed by atoms with Crippen LogP contribution in [0.4, 0.5) is 0 Å². The Morgan fingerprint density at radius 3 is 2.83 bits per heavy atom. The number of nitrogens with zero attached hydrogens (tertiary/aromatic N) is 2. The van der Waals surface area contributed by atoms with E-state index in [1.165, 1.54) is 0 Å². The molecule has 0 fully saturated rings. The number of aromatic nitrogens is 2. The molecule has 0 bridgehead atoms. The third-order valence-electron chi connectivity index (χ3n) is 3.07. The van der Waals surface area contributed by atoms with Crippen LogP contribution in [-0.2, 0) is 6.54 Å². The summed E-state index contributed by atoms with van der Waals surface area (Å²) in [5, 5.41) is 7.01. The molecule has 0 aliphatic carbocycles. The number of nitrogens with one attached hydrogen (secondary N) is 1. The number of rotatable bonds is 4. The van der Waals surface area contributed by atoms with Crippen molar-refractivity contribution in [3.05, 3.63) is 69.5 Å². The summed E-state index contributed by atoms with van der Waals surface area (Å²) in [5.41, 5.74) is 1.23. The van der Waals surface area contributed by atoms with Gasteiger partial charge < -0.3 is 9.84 Å². The van der Waals surface area contributed by atoms with E-state index in [9.17, 15) is 4.79 Å². The molecule has 0 atom stereocenters. The van der Waals surface area contributed by atoms with Crippen LogP contribution in [0, 0.1) is 0 Å². The van der Waals surface area contributed by atoms with E-state index in [4.69, 9.17) is 16.1 Å². The van der Waals surface area contributed by atoms with Gasteiger partial charge >= 0.3 is 0 Å². The fourth-order valence-electron chi connectivity index (χ4n) is 1.97. The molecular weight excluding hydrogens is 382 g/mol. The first-order valence-electron chi connectivity index (χ1n) is 6.75. The van der Waals surface area contributed by atoms with Gasteiger partial charge in [-0.2, -0.15) is 4.98 Å². The standard InChI is InChI=1S/C16H11BrClN3O2/c17-11-5-3-4-10(8-11)15-20-14(23-21-15)9-19-16(22)12-6-1-2-7-13(12)18/h1-8H,9H2,(H,19,22). The number of carbonyl (C=O) groups excluding carboxylic acids is 1. The van der Waals surface area contributed by atoms with Crippen molar-refractivity contribution in [2.24, 2.45) is 0 Å². The molecule has 0 aliphatic rings. The first-order chi connectivity index (χ1) is 11.1. The average Bonchev–Trinajstić information content (AvgIpc) is 3.02. The summed E-state index contributed by atoms with van der Waals surface area (Å²) < 4.78 is 6.08. The van der Waals surface area contributed by atoms with Gasteiger partial charge in [-0.3, -0.25) is 4.79 Å². The van der Waals surface area contributed by atoms with Crippen molar-refractivity contribution < 1.29 is 9.32 Å². The Labute approximate surface area is 145 Å². The number of carbonyl (C=O) groups is 1. The Morgan fingerprint density at radius 2 is 2.04 bits per heavy atom. The highest BCUT2D eigenvalue weighted by molar-refractivity contribution is 9.10. The van der Waals surface area contributed by atoms with E-state index in [1.807, 2.05) is 24.3 Å². The molecule has 2 aromatic carbocycles. The van der Waals surface area contributed by atoms with E-state index in [0.29, 0.717) is 22.3 Å². The molecule has 0 aliphatic heterocycles. The first-order valence-corrected chi connectivity index (χ1v) is 7.92. The average molecular weight is 393 g/mol. The monoisotopic (exact) mass is 391 g/mol. The summed E-state index contributed by atoms with van der Waals surface area (Å²) in [6.07, 6.45) is 0. The molecule has 116 valence electrons. The molecule has 0 saturated carbocycles. The van der Waals surface area contributed by atoms with Crippen LogP contribution < -0.4 is 5.32 Å². The van der Waals surface area contributed by atoms with Crippen LogP contribution in [0.2, 0.25) is 5.02 Å². The zero-order valence-electron chi connectivity index (χ0n) is 11.8. The Hall–Kier alpha value is -2.18. The topological polar surface area (TPSA) is 68.0 Å². The van der Waals surface area contributed by atoms with Gasteiger partial charge in [-0.1, -0.05) is 57.0 Å². The Morgan fingerprint density at radius 1 is 1.22 bits per heavy atom. The maximum atomic E-state index is 12.1.